The van der Waals surface area contributed by atoms with Crippen molar-refractivity contribution in [2.24, 2.45) is 0 Å². The number of hydrogen-bond donors (Lipinski definition) is 7. The first-order valence-electron chi connectivity index (χ1n) is 6.48. The van der Waals surface area contributed by atoms with E-state index in [-0.39, 0.29) is 6.61 Å². The third kappa shape index (κ3) is 3.35. The van der Waals surface area contributed by atoms with Gasteiger partial charge in [-0.15, -0.1) is 0 Å². The zero-order valence-corrected chi connectivity index (χ0v) is 11.0. The van der Waals surface area contributed by atoms with Crippen molar-refractivity contribution in [3.8, 4) is 0 Å². The predicted octanol–water partition coefficient (Wildman–Crippen LogP) is -4.76. The first kappa shape index (κ1) is 17.0. The lowest BCUT2D eigenvalue weighted by Crippen LogP contribution is -2.62. The highest BCUT2D eigenvalue weighted by Gasteiger charge is 2.48. The molecule has 2 heterocycles. The van der Waals surface area contributed by atoms with Gasteiger partial charge in [-0.2, -0.15) is 0 Å². The minimum atomic E-state index is -1.66. The van der Waals surface area contributed by atoms with Crippen LogP contribution in [0.25, 0.3) is 0 Å². The molecule has 2 aliphatic heterocycles. The fourth-order valence-corrected chi connectivity index (χ4v) is 2.29. The quantitative estimate of drug-likeness (QED) is 0.268. The van der Waals surface area contributed by atoms with E-state index in [0.717, 1.165) is 0 Å². The molecule has 0 spiro atoms. The monoisotopic (exact) mass is 312 g/mol. The van der Waals surface area contributed by atoms with E-state index >= 15 is 0 Å². The van der Waals surface area contributed by atoms with Crippen molar-refractivity contribution >= 4 is 0 Å². The molecule has 0 aromatic rings. The molecule has 10 nitrogen and oxygen atoms in total. The molecule has 0 unspecified atom stereocenters. The highest BCUT2D eigenvalue weighted by molar-refractivity contribution is 4.91. The van der Waals surface area contributed by atoms with Crippen molar-refractivity contribution < 1.29 is 50.0 Å². The Labute approximate surface area is 119 Å². The summed E-state index contributed by atoms with van der Waals surface area (Å²) in [5, 5.41) is 66.8. The first-order valence-corrected chi connectivity index (χ1v) is 6.48. The predicted molar refractivity (Wildman–Crippen MR) is 62.6 cm³/mol. The standard InChI is InChI=1S/C11H20O10/c12-1-4-5(14)6(15)7(16)11(20-4)21-9-3(13)2-19-10(18)8(9)17/h3-18H,1-2H2/t3-,4+,5+,6+,7-,8-,9+,10-,11+/m1/s1. The molecule has 2 rings (SSSR count). The van der Waals surface area contributed by atoms with Crippen LogP contribution in [0.5, 0.6) is 0 Å². The van der Waals surface area contributed by atoms with Gasteiger partial charge in [0.05, 0.1) is 13.2 Å². The average Bonchev–Trinajstić information content (AvgIpc) is 2.47. The van der Waals surface area contributed by atoms with Crippen LogP contribution >= 0.6 is 0 Å². The van der Waals surface area contributed by atoms with Crippen LogP contribution in [0.1, 0.15) is 0 Å². The van der Waals surface area contributed by atoms with Crippen LogP contribution in [0.4, 0.5) is 0 Å². The van der Waals surface area contributed by atoms with Gasteiger partial charge in [0.25, 0.3) is 0 Å². The zero-order chi connectivity index (χ0) is 15.7. The SMILES string of the molecule is OC[C@@H]1O[C@@H](O[C@@H]2[C@@H](O)[C@H](O)OC[C@H]2O)[C@H](O)[C@@H](O)[C@H]1O. The maximum atomic E-state index is 9.79. The van der Waals surface area contributed by atoms with E-state index in [4.69, 9.17) is 14.6 Å². The maximum absolute atomic E-state index is 9.79. The Bertz CT molecular complexity index is 339. The minimum absolute atomic E-state index is 0.305. The highest BCUT2D eigenvalue weighted by Crippen LogP contribution is 2.26. The Hall–Kier alpha value is -0.400. The Morgan fingerprint density at radius 3 is 2.19 bits per heavy atom. The van der Waals surface area contributed by atoms with Crippen LogP contribution in [0.2, 0.25) is 0 Å². The van der Waals surface area contributed by atoms with Gasteiger partial charge < -0.3 is 50.0 Å². The van der Waals surface area contributed by atoms with E-state index in [1.165, 1.54) is 0 Å². The number of hydrogen-bond acceptors (Lipinski definition) is 10. The molecule has 2 saturated heterocycles. The van der Waals surface area contributed by atoms with Crippen molar-refractivity contribution in [2.75, 3.05) is 13.2 Å². The van der Waals surface area contributed by atoms with E-state index in [1.807, 2.05) is 0 Å². The van der Waals surface area contributed by atoms with Crippen LogP contribution in [0, 0.1) is 0 Å². The van der Waals surface area contributed by atoms with Crippen molar-refractivity contribution in [3.05, 3.63) is 0 Å². The van der Waals surface area contributed by atoms with Crippen LogP contribution in [-0.4, -0.2) is 104 Å². The van der Waals surface area contributed by atoms with Gasteiger partial charge in [0.15, 0.2) is 12.6 Å². The summed E-state index contributed by atoms with van der Waals surface area (Å²) in [5.74, 6) is 0. The second-order valence-electron chi connectivity index (χ2n) is 5.08. The van der Waals surface area contributed by atoms with Crippen molar-refractivity contribution in [3.63, 3.8) is 0 Å². The van der Waals surface area contributed by atoms with Crippen molar-refractivity contribution in [2.45, 2.75) is 55.3 Å². The van der Waals surface area contributed by atoms with Gasteiger partial charge in [-0.05, 0) is 0 Å². The molecule has 2 aliphatic rings. The van der Waals surface area contributed by atoms with Crippen LogP contribution in [0.3, 0.4) is 0 Å². The van der Waals surface area contributed by atoms with Gasteiger partial charge in [0.1, 0.15) is 42.7 Å². The molecule has 0 aromatic carbocycles. The summed E-state index contributed by atoms with van der Waals surface area (Å²) in [5.41, 5.74) is 0. The highest BCUT2D eigenvalue weighted by atomic mass is 16.7. The molecular formula is C11H20O10. The summed E-state index contributed by atoms with van der Waals surface area (Å²) in [6.45, 7) is -0.938. The molecule has 21 heavy (non-hydrogen) atoms. The van der Waals surface area contributed by atoms with Gasteiger partial charge in [-0.3, -0.25) is 0 Å². The molecule has 0 aromatic heterocycles. The molecule has 7 N–H and O–H groups in total. The summed E-state index contributed by atoms with van der Waals surface area (Å²) >= 11 is 0. The largest absolute Gasteiger partial charge is 0.394 e. The summed E-state index contributed by atoms with van der Waals surface area (Å²) in [4.78, 5) is 0. The Kier molecular flexibility index (Phi) is 5.48. The molecule has 124 valence electrons. The number of aliphatic hydroxyl groups is 7. The van der Waals surface area contributed by atoms with Gasteiger partial charge >= 0.3 is 0 Å². The Morgan fingerprint density at radius 2 is 1.57 bits per heavy atom. The fourth-order valence-electron chi connectivity index (χ4n) is 2.29. The van der Waals surface area contributed by atoms with Gasteiger partial charge in [-0.25, -0.2) is 0 Å². The summed E-state index contributed by atoms with van der Waals surface area (Å²) in [6, 6.07) is 0. The second-order valence-corrected chi connectivity index (χ2v) is 5.08. The van der Waals surface area contributed by atoms with Crippen LogP contribution in [-0.2, 0) is 14.2 Å². The van der Waals surface area contributed by atoms with E-state index in [2.05, 4.69) is 4.74 Å². The Balaban J connectivity index is 2.06. The molecule has 2 fully saturated rings. The second kappa shape index (κ2) is 6.79. The molecule has 10 heteroatoms. The maximum Gasteiger partial charge on any atom is 0.187 e. The van der Waals surface area contributed by atoms with Gasteiger partial charge in [-0.1, -0.05) is 0 Å². The van der Waals surface area contributed by atoms with Gasteiger partial charge in [0, 0.05) is 0 Å². The number of ether oxygens (including phenoxy) is 3. The van der Waals surface area contributed by atoms with E-state index in [9.17, 15) is 30.6 Å². The lowest BCUT2D eigenvalue weighted by molar-refractivity contribution is -0.345. The summed E-state index contributed by atoms with van der Waals surface area (Å²) in [7, 11) is 0. The third-order valence-corrected chi connectivity index (χ3v) is 3.59. The summed E-state index contributed by atoms with van der Waals surface area (Å²) in [6.07, 6.45) is -13.3. The van der Waals surface area contributed by atoms with E-state index < -0.39 is 61.9 Å². The fraction of sp³-hybridized carbons (Fsp3) is 1.00. The first-order chi connectivity index (χ1) is 9.86. The summed E-state index contributed by atoms with van der Waals surface area (Å²) < 4.78 is 15.0. The van der Waals surface area contributed by atoms with Crippen LogP contribution < -0.4 is 0 Å². The molecule has 0 radical (unpaired) electrons. The lowest BCUT2D eigenvalue weighted by atomic mass is 9.98. The smallest absolute Gasteiger partial charge is 0.187 e. The van der Waals surface area contributed by atoms with E-state index in [0.29, 0.717) is 0 Å². The molecular weight excluding hydrogens is 292 g/mol. The Morgan fingerprint density at radius 1 is 0.905 bits per heavy atom. The third-order valence-electron chi connectivity index (χ3n) is 3.59. The minimum Gasteiger partial charge on any atom is -0.394 e. The van der Waals surface area contributed by atoms with Crippen molar-refractivity contribution in [1.29, 1.82) is 0 Å². The molecule has 0 bridgehead atoms. The molecule has 0 amide bonds. The van der Waals surface area contributed by atoms with Crippen LogP contribution in [0.15, 0.2) is 0 Å². The zero-order valence-electron chi connectivity index (χ0n) is 11.0. The lowest BCUT2D eigenvalue weighted by Gasteiger charge is -2.43. The molecule has 9 atom stereocenters. The normalized spacial score (nSPS) is 51.9. The number of rotatable bonds is 3. The number of aliphatic hydroxyl groups excluding tert-OH is 7. The van der Waals surface area contributed by atoms with Crippen molar-refractivity contribution in [1.82, 2.24) is 0 Å². The molecule has 0 aliphatic carbocycles. The van der Waals surface area contributed by atoms with E-state index in [1.54, 1.807) is 0 Å². The topological polar surface area (TPSA) is 169 Å². The average molecular weight is 312 g/mol. The van der Waals surface area contributed by atoms with Gasteiger partial charge in [0.2, 0.25) is 0 Å². The molecule has 0 saturated carbocycles.